The van der Waals surface area contributed by atoms with Gasteiger partial charge in [-0.15, -0.1) is 0 Å². The van der Waals surface area contributed by atoms with Crippen molar-refractivity contribution < 1.29 is 4.79 Å². The number of hydrogen-bond acceptors (Lipinski definition) is 1. The molecule has 1 aliphatic rings. The van der Waals surface area contributed by atoms with Gasteiger partial charge < -0.3 is 4.90 Å². The highest BCUT2D eigenvalue weighted by molar-refractivity contribution is 5.47. The largest absolute Gasteiger partial charge is 0.345 e. The quantitative estimate of drug-likeness (QED) is 0.562. The third-order valence-electron chi connectivity index (χ3n) is 1.79. The van der Waals surface area contributed by atoms with E-state index in [1.54, 1.807) is 4.90 Å². The minimum atomic E-state index is 0.924. The summed E-state index contributed by atoms with van der Waals surface area (Å²) in [7, 11) is 0. The van der Waals surface area contributed by atoms with Gasteiger partial charge in [-0.2, -0.15) is 0 Å². The third kappa shape index (κ3) is 5.89. The molecule has 0 N–H and O–H groups in total. The first-order valence-corrected chi connectivity index (χ1v) is 4.54. The highest BCUT2D eigenvalue weighted by Crippen LogP contribution is 2.02. The Kier molecular flexibility index (Phi) is 7.21. The van der Waals surface area contributed by atoms with Crippen molar-refractivity contribution in [3.63, 3.8) is 0 Å². The van der Waals surface area contributed by atoms with Crippen molar-refractivity contribution in [2.24, 2.45) is 0 Å². The van der Waals surface area contributed by atoms with Crippen LogP contribution in [-0.4, -0.2) is 24.4 Å². The Labute approximate surface area is 69.6 Å². The van der Waals surface area contributed by atoms with Gasteiger partial charge in [-0.3, -0.25) is 4.79 Å². The molecule has 0 radical (unpaired) electrons. The molecule has 0 aromatic carbocycles. The molecule has 1 fully saturated rings. The fourth-order valence-electron chi connectivity index (χ4n) is 0.847. The van der Waals surface area contributed by atoms with Crippen molar-refractivity contribution in [2.45, 2.75) is 39.5 Å². The van der Waals surface area contributed by atoms with Gasteiger partial charge in [0.25, 0.3) is 0 Å². The van der Waals surface area contributed by atoms with E-state index in [-0.39, 0.29) is 0 Å². The average molecular weight is 157 g/mol. The molecular formula is C9H19NO. The normalized spacial score (nSPS) is 15.6. The van der Waals surface area contributed by atoms with Crippen LogP contribution in [0.1, 0.15) is 39.5 Å². The van der Waals surface area contributed by atoms with Crippen LogP contribution in [0.2, 0.25) is 0 Å². The van der Waals surface area contributed by atoms with Gasteiger partial charge in [0.15, 0.2) is 0 Å². The summed E-state index contributed by atoms with van der Waals surface area (Å²) in [5, 5.41) is 0. The summed E-state index contributed by atoms with van der Waals surface area (Å²) in [4.78, 5) is 11.7. The van der Waals surface area contributed by atoms with Crippen LogP contribution in [-0.2, 0) is 4.79 Å². The Hall–Kier alpha value is -0.530. The molecule has 1 aliphatic heterocycles. The molecule has 0 atom stereocenters. The van der Waals surface area contributed by atoms with E-state index in [0.717, 1.165) is 19.5 Å². The van der Waals surface area contributed by atoms with Crippen LogP contribution < -0.4 is 0 Å². The van der Waals surface area contributed by atoms with Gasteiger partial charge in [-0.1, -0.05) is 26.7 Å². The van der Waals surface area contributed by atoms with Crippen LogP contribution in [0, 0.1) is 0 Å². The van der Waals surface area contributed by atoms with Gasteiger partial charge in [0.2, 0.25) is 6.41 Å². The average Bonchev–Trinajstić information content (AvgIpc) is 2.56. The topological polar surface area (TPSA) is 20.3 Å². The first kappa shape index (κ1) is 10.5. The second-order valence-electron chi connectivity index (χ2n) is 2.85. The molecule has 2 nitrogen and oxygen atoms in total. The number of unbranched alkanes of at least 4 members (excludes halogenated alkanes) is 1. The number of rotatable bonds is 2. The zero-order valence-corrected chi connectivity index (χ0v) is 7.68. The number of carbonyl (C=O) groups is 1. The van der Waals surface area contributed by atoms with Crippen LogP contribution in [0.4, 0.5) is 0 Å². The highest BCUT2D eigenvalue weighted by Gasteiger charge is 2.06. The summed E-state index contributed by atoms with van der Waals surface area (Å²) in [6.45, 7) is 6.31. The van der Waals surface area contributed by atoms with E-state index < -0.39 is 0 Å². The van der Waals surface area contributed by atoms with Crippen LogP contribution in [0.25, 0.3) is 0 Å². The maximum Gasteiger partial charge on any atom is 0.209 e. The van der Waals surface area contributed by atoms with Crippen LogP contribution in [0.15, 0.2) is 0 Å². The van der Waals surface area contributed by atoms with E-state index in [1.807, 2.05) is 0 Å². The van der Waals surface area contributed by atoms with Crippen molar-refractivity contribution in [2.75, 3.05) is 13.1 Å². The Morgan fingerprint density at radius 1 is 1.18 bits per heavy atom. The Morgan fingerprint density at radius 3 is 1.82 bits per heavy atom. The molecule has 1 saturated heterocycles. The monoisotopic (exact) mass is 157 g/mol. The zero-order valence-electron chi connectivity index (χ0n) is 7.68. The second-order valence-corrected chi connectivity index (χ2v) is 2.85. The van der Waals surface area contributed by atoms with Gasteiger partial charge in [0, 0.05) is 13.1 Å². The SMILES string of the molecule is CCCC.O=CN1CCCC1. The predicted octanol–water partition coefficient (Wildman–Crippen LogP) is 2.04. The molecule has 0 aromatic heterocycles. The molecule has 2 heteroatoms. The van der Waals surface area contributed by atoms with Gasteiger partial charge in [-0.25, -0.2) is 0 Å². The molecule has 1 heterocycles. The molecule has 0 aromatic rings. The van der Waals surface area contributed by atoms with Crippen molar-refractivity contribution in [1.82, 2.24) is 4.90 Å². The van der Waals surface area contributed by atoms with E-state index in [4.69, 9.17) is 0 Å². The van der Waals surface area contributed by atoms with Crippen LogP contribution >= 0.6 is 0 Å². The Morgan fingerprint density at radius 2 is 1.64 bits per heavy atom. The maximum atomic E-state index is 9.93. The van der Waals surface area contributed by atoms with E-state index >= 15 is 0 Å². The van der Waals surface area contributed by atoms with Gasteiger partial charge in [0.05, 0.1) is 0 Å². The molecule has 0 saturated carbocycles. The number of amides is 1. The van der Waals surface area contributed by atoms with E-state index in [9.17, 15) is 4.79 Å². The highest BCUT2D eigenvalue weighted by atomic mass is 16.1. The lowest BCUT2D eigenvalue weighted by Crippen LogP contribution is -2.15. The molecule has 0 bridgehead atoms. The van der Waals surface area contributed by atoms with Crippen LogP contribution in [0.5, 0.6) is 0 Å². The summed E-state index contributed by atoms with van der Waals surface area (Å²) in [5.74, 6) is 0. The summed E-state index contributed by atoms with van der Waals surface area (Å²) in [6, 6.07) is 0. The van der Waals surface area contributed by atoms with Crippen molar-refractivity contribution in [3.8, 4) is 0 Å². The first-order chi connectivity index (χ1) is 5.35. The third-order valence-corrected chi connectivity index (χ3v) is 1.79. The number of likely N-dealkylation sites (tertiary alicyclic amines) is 1. The summed E-state index contributed by atoms with van der Waals surface area (Å²) in [6.07, 6.45) is 5.95. The van der Waals surface area contributed by atoms with Crippen molar-refractivity contribution in [3.05, 3.63) is 0 Å². The van der Waals surface area contributed by atoms with Crippen LogP contribution in [0.3, 0.4) is 0 Å². The van der Waals surface area contributed by atoms with Crippen molar-refractivity contribution in [1.29, 1.82) is 0 Å². The minimum Gasteiger partial charge on any atom is -0.345 e. The molecule has 0 aliphatic carbocycles. The maximum absolute atomic E-state index is 9.93. The lowest BCUT2D eigenvalue weighted by Gasteiger charge is -2.03. The second kappa shape index (κ2) is 7.58. The lowest BCUT2D eigenvalue weighted by molar-refractivity contribution is -0.117. The van der Waals surface area contributed by atoms with Gasteiger partial charge >= 0.3 is 0 Å². The van der Waals surface area contributed by atoms with Gasteiger partial charge in [-0.05, 0) is 12.8 Å². The molecule has 1 amide bonds. The van der Waals surface area contributed by atoms with Crippen molar-refractivity contribution >= 4 is 6.41 Å². The molecule has 66 valence electrons. The van der Waals surface area contributed by atoms with E-state index in [0.29, 0.717) is 0 Å². The fourth-order valence-corrected chi connectivity index (χ4v) is 0.847. The lowest BCUT2D eigenvalue weighted by atomic mass is 10.4. The Bertz CT molecular complexity index is 85.6. The molecule has 0 unspecified atom stereocenters. The standard InChI is InChI=1S/C5H9NO.C4H10/c7-5-6-3-1-2-4-6;1-3-4-2/h5H,1-4H2;3-4H2,1-2H3. The predicted molar refractivity (Wildman–Crippen MR) is 47.5 cm³/mol. The Balaban J connectivity index is 0.000000218. The molecule has 11 heavy (non-hydrogen) atoms. The van der Waals surface area contributed by atoms with Gasteiger partial charge in [0.1, 0.15) is 0 Å². The number of nitrogens with zero attached hydrogens (tertiary/aromatic N) is 1. The summed E-state index contributed by atoms with van der Waals surface area (Å²) in [5.41, 5.74) is 0. The first-order valence-electron chi connectivity index (χ1n) is 4.54. The summed E-state index contributed by atoms with van der Waals surface area (Å²) < 4.78 is 0. The number of hydrogen-bond donors (Lipinski definition) is 0. The minimum absolute atomic E-state index is 0.924. The van der Waals surface area contributed by atoms with E-state index in [1.165, 1.54) is 25.7 Å². The van der Waals surface area contributed by atoms with E-state index in [2.05, 4.69) is 13.8 Å². The fraction of sp³-hybridized carbons (Fsp3) is 0.889. The molecule has 1 rings (SSSR count). The summed E-state index contributed by atoms with van der Waals surface area (Å²) >= 11 is 0. The molecule has 0 spiro atoms. The smallest absolute Gasteiger partial charge is 0.209 e. The number of carbonyl (C=O) groups excluding carboxylic acids is 1. The molecular weight excluding hydrogens is 138 g/mol. The zero-order chi connectivity index (χ0) is 8.53.